The molecule has 0 saturated carbocycles. The number of piperidine rings is 1. The maximum atomic E-state index is 13.9. The molecule has 0 aliphatic carbocycles. The summed E-state index contributed by atoms with van der Waals surface area (Å²) < 4.78 is 41.9. The van der Waals surface area contributed by atoms with Crippen LogP contribution in [0.5, 0.6) is 0 Å². The normalized spacial score (nSPS) is 15.6. The van der Waals surface area contributed by atoms with Gasteiger partial charge in [-0.15, -0.1) is 0 Å². The smallest absolute Gasteiger partial charge is 0.317 e. The minimum atomic E-state index is -1.02. The Kier molecular flexibility index (Phi) is 6.03. The number of halogens is 3. The Hall–Kier alpha value is -2.51. The molecule has 3 rings (SSSR count). The van der Waals surface area contributed by atoms with E-state index in [2.05, 4.69) is 10.4 Å². The second-order valence-electron chi connectivity index (χ2n) is 6.78. The summed E-state index contributed by atoms with van der Waals surface area (Å²) in [7, 11) is 0. The number of nitrogens with zero attached hydrogens (tertiary/aromatic N) is 3. The number of carbonyl (C=O) groups excluding carboxylic acids is 1. The first-order valence-electron chi connectivity index (χ1n) is 9.23. The van der Waals surface area contributed by atoms with Crippen molar-refractivity contribution in [2.75, 3.05) is 13.1 Å². The molecule has 27 heavy (non-hydrogen) atoms. The fourth-order valence-corrected chi connectivity index (χ4v) is 3.26. The van der Waals surface area contributed by atoms with Gasteiger partial charge in [0.05, 0.1) is 5.69 Å². The van der Waals surface area contributed by atoms with Gasteiger partial charge in [0, 0.05) is 43.9 Å². The predicted octanol–water partition coefficient (Wildman–Crippen LogP) is 3.81. The van der Waals surface area contributed by atoms with Gasteiger partial charge in [0.25, 0.3) is 0 Å². The van der Waals surface area contributed by atoms with E-state index in [1.807, 2.05) is 11.8 Å². The largest absolute Gasteiger partial charge is 0.335 e. The van der Waals surface area contributed by atoms with Crippen LogP contribution in [0.3, 0.4) is 0 Å². The average molecular weight is 380 g/mol. The Bertz CT molecular complexity index is 779. The Morgan fingerprint density at radius 2 is 1.85 bits per heavy atom. The van der Waals surface area contributed by atoms with Crippen LogP contribution in [0.1, 0.15) is 38.3 Å². The van der Waals surface area contributed by atoms with Gasteiger partial charge in [-0.05, 0) is 31.7 Å². The van der Waals surface area contributed by atoms with E-state index in [0.717, 1.165) is 37.0 Å². The third-order valence-electron chi connectivity index (χ3n) is 4.77. The van der Waals surface area contributed by atoms with Crippen LogP contribution >= 0.6 is 0 Å². The number of amides is 2. The van der Waals surface area contributed by atoms with E-state index in [1.54, 1.807) is 6.07 Å². The Labute approximate surface area is 156 Å². The van der Waals surface area contributed by atoms with Crippen molar-refractivity contribution in [2.45, 2.75) is 45.1 Å². The zero-order valence-corrected chi connectivity index (χ0v) is 15.2. The Morgan fingerprint density at radius 1 is 1.19 bits per heavy atom. The van der Waals surface area contributed by atoms with Crippen molar-refractivity contribution in [3.8, 4) is 5.69 Å². The first-order chi connectivity index (χ1) is 13.0. The molecule has 2 aromatic rings. The highest BCUT2D eigenvalue weighted by atomic mass is 19.1. The molecule has 1 aromatic carbocycles. The first kappa shape index (κ1) is 19.3. The fourth-order valence-electron chi connectivity index (χ4n) is 3.26. The number of hydrogen-bond donors (Lipinski definition) is 1. The highest BCUT2D eigenvalue weighted by Gasteiger charge is 2.20. The molecule has 2 heterocycles. The zero-order valence-electron chi connectivity index (χ0n) is 15.2. The molecule has 8 heteroatoms. The molecule has 2 amide bonds. The summed E-state index contributed by atoms with van der Waals surface area (Å²) in [6.07, 6.45) is 5.74. The number of hydrogen-bond acceptors (Lipinski definition) is 2. The van der Waals surface area contributed by atoms with Gasteiger partial charge < -0.3 is 10.2 Å². The lowest BCUT2D eigenvalue weighted by atomic mass is 10.1. The third-order valence-corrected chi connectivity index (χ3v) is 4.77. The first-order valence-corrected chi connectivity index (χ1v) is 9.23. The molecule has 1 aliphatic heterocycles. The van der Waals surface area contributed by atoms with Crippen LogP contribution in [0.25, 0.3) is 5.69 Å². The molecule has 1 aliphatic rings. The van der Waals surface area contributed by atoms with Crippen molar-refractivity contribution in [1.82, 2.24) is 20.0 Å². The molecule has 1 saturated heterocycles. The number of nitrogens with one attached hydrogen (secondary N) is 1. The lowest BCUT2D eigenvalue weighted by Crippen LogP contribution is -2.47. The monoisotopic (exact) mass is 380 g/mol. The van der Waals surface area contributed by atoms with Gasteiger partial charge in [-0.25, -0.2) is 22.6 Å². The van der Waals surface area contributed by atoms with Gasteiger partial charge in [-0.3, -0.25) is 0 Å². The van der Waals surface area contributed by atoms with Gasteiger partial charge in [-0.1, -0.05) is 6.92 Å². The summed E-state index contributed by atoms with van der Waals surface area (Å²) in [4.78, 5) is 14.2. The molecule has 1 fully saturated rings. The van der Waals surface area contributed by atoms with Crippen LogP contribution in [-0.2, 0) is 6.42 Å². The minimum Gasteiger partial charge on any atom is -0.335 e. The summed E-state index contributed by atoms with van der Waals surface area (Å²) in [5.41, 5.74) is 0.164. The maximum absolute atomic E-state index is 13.9. The second-order valence-corrected chi connectivity index (χ2v) is 6.78. The van der Waals surface area contributed by atoms with E-state index in [9.17, 15) is 18.0 Å². The number of carbonyl (C=O) groups is 1. The van der Waals surface area contributed by atoms with Crippen molar-refractivity contribution >= 4 is 6.03 Å². The molecular formula is C19H23F3N4O. The van der Waals surface area contributed by atoms with Gasteiger partial charge in [0.1, 0.15) is 11.5 Å². The van der Waals surface area contributed by atoms with Crippen LogP contribution in [0.4, 0.5) is 18.0 Å². The molecule has 146 valence electrons. The fraction of sp³-hybridized carbons (Fsp3) is 0.474. The number of urea groups is 1. The van der Waals surface area contributed by atoms with Crippen LogP contribution in [0, 0.1) is 17.5 Å². The molecule has 1 N–H and O–H groups in total. The van der Waals surface area contributed by atoms with Crippen molar-refractivity contribution in [3.63, 3.8) is 0 Å². The van der Waals surface area contributed by atoms with E-state index < -0.39 is 23.1 Å². The van der Waals surface area contributed by atoms with E-state index in [1.165, 1.54) is 6.20 Å². The quantitative estimate of drug-likeness (QED) is 0.858. The standard InChI is InChI=1S/C19H23F3N4O/c1-2-14(23-19(27)25-7-4-3-5-8-25)12-15-6-9-26(24-15)18-16(21)10-13(20)11-17(18)22/h6,9-11,14H,2-5,7-8,12H2,1H3,(H,23,27)/t14-/m0/s1. The summed E-state index contributed by atoms with van der Waals surface area (Å²) >= 11 is 0. The van der Waals surface area contributed by atoms with E-state index in [-0.39, 0.29) is 12.1 Å². The predicted molar refractivity (Wildman–Crippen MR) is 95.2 cm³/mol. The van der Waals surface area contributed by atoms with E-state index in [0.29, 0.717) is 30.7 Å². The highest BCUT2D eigenvalue weighted by molar-refractivity contribution is 5.74. The van der Waals surface area contributed by atoms with Crippen LogP contribution < -0.4 is 5.32 Å². The van der Waals surface area contributed by atoms with E-state index >= 15 is 0 Å². The molecule has 0 spiro atoms. The number of likely N-dealkylation sites (tertiary alicyclic amines) is 1. The molecule has 1 atom stereocenters. The topological polar surface area (TPSA) is 50.2 Å². The van der Waals surface area contributed by atoms with Gasteiger partial charge in [0.15, 0.2) is 11.6 Å². The lowest BCUT2D eigenvalue weighted by Gasteiger charge is -2.29. The molecule has 0 unspecified atom stereocenters. The zero-order chi connectivity index (χ0) is 19.4. The summed E-state index contributed by atoms with van der Waals surface area (Å²) in [5, 5.41) is 7.19. The second kappa shape index (κ2) is 8.45. The van der Waals surface area contributed by atoms with Gasteiger partial charge in [0.2, 0.25) is 0 Å². The number of benzene rings is 1. The summed E-state index contributed by atoms with van der Waals surface area (Å²) in [6, 6.07) is 2.65. The maximum Gasteiger partial charge on any atom is 0.317 e. The number of aromatic nitrogens is 2. The van der Waals surface area contributed by atoms with Crippen LogP contribution in [0.2, 0.25) is 0 Å². The third kappa shape index (κ3) is 4.61. The van der Waals surface area contributed by atoms with Crippen LogP contribution in [-0.4, -0.2) is 39.8 Å². The highest BCUT2D eigenvalue weighted by Crippen LogP contribution is 2.19. The molecular weight excluding hydrogens is 357 g/mol. The summed E-state index contributed by atoms with van der Waals surface area (Å²) in [5.74, 6) is -3.02. The lowest BCUT2D eigenvalue weighted by molar-refractivity contribution is 0.182. The van der Waals surface area contributed by atoms with Crippen molar-refractivity contribution in [2.24, 2.45) is 0 Å². The van der Waals surface area contributed by atoms with Gasteiger partial charge >= 0.3 is 6.03 Å². The van der Waals surface area contributed by atoms with Crippen molar-refractivity contribution in [1.29, 1.82) is 0 Å². The van der Waals surface area contributed by atoms with E-state index in [4.69, 9.17) is 0 Å². The molecule has 5 nitrogen and oxygen atoms in total. The minimum absolute atomic E-state index is 0.0865. The van der Waals surface area contributed by atoms with Crippen molar-refractivity contribution < 1.29 is 18.0 Å². The van der Waals surface area contributed by atoms with Crippen molar-refractivity contribution in [3.05, 3.63) is 47.5 Å². The van der Waals surface area contributed by atoms with Gasteiger partial charge in [-0.2, -0.15) is 5.10 Å². The molecule has 0 radical (unpaired) electrons. The average Bonchev–Trinajstić information content (AvgIpc) is 3.09. The molecule has 0 bridgehead atoms. The molecule has 1 aromatic heterocycles. The Balaban J connectivity index is 1.68. The SMILES string of the molecule is CC[C@@H](Cc1ccn(-c2c(F)cc(F)cc2F)n1)NC(=O)N1CCCCC1. The van der Waals surface area contributed by atoms with Crippen LogP contribution in [0.15, 0.2) is 24.4 Å². The number of rotatable bonds is 5. The Morgan fingerprint density at radius 3 is 2.48 bits per heavy atom. The summed E-state index contributed by atoms with van der Waals surface area (Å²) in [6.45, 7) is 3.48.